The second kappa shape index (κ2) is 9.09. The first kappa shape index (κ1) is 22.4. The van der Waals surface area contributed by atoms with Crippen LogP contribution in [0.2, 0.25) is 0 Å². The summed E-state index contributed by atoms with van der Waals surface area (Å²) in [6, 6.07) is 31.3. The fraction of sp³-hybridized carbons (Fsp3) is 0.152. The Morgan fingerprint density at radius 2 is 1.34 bits per heavy atom. The minimum atomic E-state index is 0.362. The van der Waals surface area contributed by atoms with Crippen LogP contribution in [0.5, 0.6) is 0 Å². The Balaban J connectivity index is 1.73. The Bertz CT molecular complexity index is 1540. The van der Waals surface area contributed by atoms with E-state index in [2.05, 4.69) is 69.3 Å². The van der Waals surface area contributed by atoms with Gasteiger partial charge >= 0.3 is 0 Å². The van der Waals surface area contributed by atoms with E-state index in [4.69, 9.17) is 0 Å². The molecule has 0 saturated carbocycles. The number of rotatable bonds is 4. The molecule has 0 N–H and O–H groups in total. The molecule has 0 heterocycles. The van der Waals surface area contributed by atoms with Crippen molar-refractivity contribution in [2.24, 2.45) is 0 Å². The smallest absolute Gasteiger partial charge is 0.0991 e. The van der Waals surface area contributed by atoms with Crippen molar-refractivity contribution in [1.29, 1.82) is 10.5 Å². The van der Waals surface area contributed by atoms with Gasteiger partial charge < -0.3 is 0 Å². The van der Waals surface area contributed by atoms with Crippen LogP contribution in [0.4, 0.5) is 0 Å². The molecule has 1 aliphatic carbocycles. The predicted molar refractivity (Wildman–Crippen MR) is 143 cm³/mol. The minimum Gasteiger partial charge on any atom is -0.192 e. The standard InChI is InChI=1S/C33H26N2/c1-4-21(2)22(3)28-6-5-7-29-31-17-27(25-12-8-23(19-34)9-13-25)16-30(33(31)18-32(28)29)26-14-10-24(20-35)11-15-26/h4-17,22H,18H2,1-3H3/b21-4+. The third-order valence-corrected chi connectivity index (χ3v) is 7.38. The van der Waals surface area contributed by atoms with Gasteiger partial charge in [0.2, 0.25) is 0 Å². The maximum atomic E-state index is 9.28. The average Bonchev–Trinajstić information content (AvgIpc) is 3.30. The predicted octanol–water partition coefficient (Wildman–Crippen LogP) is 8.40. The summed E-state index contributed by atoms with van der Waals surface area (Å²) in [5, 5.41) is 18.5. The van der Waals surface area contributed by atoms with Gasteiger partial charge in [0.25, 0.3) is 0 Å². The molecule has 0 aromatic heterocycles. The van der Waals surface area contributed by atoms with Gasteiger partial charge in [-0.15, -0.1) is 0 Å². The van der Waals surface area contributed by atoms with Crippen LogP contribution in [0.3, 0.4) is 0 Å². The number of allylic oxidation sites excluding steroid dienone is 2. The molecule has 0 aliphatic heterocycles. The molecule has 0 saturated heterocycles. The minimum absolute atomic E-state index is 0.362. The van der Waals surface area contributed by atoms with Crippen LogP contribution in [0.1, 0.15) is 54.5 Å². The first-order valence-electron chi connectivity index (χ1n) is 12.0. The third kappa shape index (κ3) is 3.95. The zero-order chi connectivity index (χ0) is 24.5. The van der Waals surface area contributed by atoms with Crippen molar-refractivity contribution in [3.05, 3.63) is 118 Å². The highest BCUT2D eigenvalue weighted by atomic mass is 14.3. The largest absolute Gasteiger partial charge is 0.192 e. The molecule has 0 spiro atoms. The SMILES string of the molecule is C/C=C(\C)C(C)c1cccc2c1Cc1c(-c3ccc(C#N)cc3)cc(-c3ccc(C#N)cc3)cc1-2. The van der Waals surface area contributed by atoms with E-state index in [-0.39, 0.29) is 0 Å². The zero-order valence-electron chi connectivity index (χ0n) is 20.3. The van der Waals surface area contributed by atoms with E-state index in [0.717, 1.165) is 23.1 Å². The van der Waals surface area contributed by atoms with Gasteiger partial charge in [0.05, 0.1) is 23.3 Å². The highest BCUT2D eigenvalue weighted by Gasteiger charge is 2.27. The van der Waals surface area contributed by atoms with E-state index < -0.39 is 0 Å². The summed E-state index contributed by atoms with van der Waals surface area (Å²) >= 11 is 0. The molecule has 1 aliphatic rings. The lowest BCUT2D eigenvalue weighted by Gasteiger charge is -2.17. The maximum Gasteiger partial charge on any atom is 0.0991 e. The quantitative estimate of drug-likeness (QED) is 0.258. The first-order chi connectivity index (χ1) is 17.0. The Labute approximate surface area is 207 Å². The van der Waals surface area contributed by atoms with Gasteiger partial charge in [0, 0.05) is 5.92 Å². The number of nitriles is 2. The van der Waals surface area contributed by atoms with Gasteiger partial charge in [-0.1, -0.05) is 61.0 Å². The van der Waals surface area contributed by atoms with E-state index in [9.17, 15) is 10.5 Å². The van der Waals surface area contributed by atoms with E-state index in [1.807, 2.05) is 48.5 Å². The number of fused-ring (bicyclic) bond motifs is 3. The second-order valence-corrected chi connectivity index (χ2v) is 9.23. The molecule has 0 bridgehead atoms. The van der Waals surface area contributed by atoms with Crippen LogP contribution in [-0.2, 0) is 6.42 Å². The number of hydrogen-bond donors (Lipinski definition) is 0. The van der Waals surface area contributed by atoms with Crippen molar-refractivity contribution in [2.75, 3.05) is 0 Å². The Kier molecular flexibility index (Phi) is 5.82. The summed E-state index contributed by atoms with van der Waals surface area (Å²) in [6.07, 6.45) is 3.10. The average molecular weight is 451 g/mol. The van der Waals surface area contributed by atoms with Crippen LogP contribution in [-0.4, -0.2) is 0 Å². The molecule has 0 fully saturated rings. The van der Waals surface area contributed by atoms with Gasteiger partial charge in [0.1, 0.15) is 0 Å². The number of benzene rings is 4. The lowest BCUT2D eigenvalue weighted by Crippen LogP contribution is -2.00. The molecule has 0 radical (unpaired) electrons. The Morgan fingerprint density at radius 3 is 1.94 bits per heavy atom. The van der Waals surface area contributed by atoms with E-state index in [1.165, 1.54) is 39.0 Å². The summed E-state index contributed by atoms with van der Waals surface area (Å²) in [5.74, 6) is 0.362. The molecule has 1 unspecified atom stereocenters. The first-order valence-corrected chi connectivity index (χ1v) is 12.0. The van der Waals surface area contributed by atoms with Gasteiger partial charge in [0.15, 0.2) is 0 Å². The lowest BCUT2D eigenvalue weighted by atomic mass is 9.88. The topological polar surface area (TPSA) is 47.6 Å². The normalized spacial score (nSPS) is 12.9. The lowest BCUT2D eigenvalue weighted by molar-refractivity contribution is 0.876. The van der Waals surface area contributed by atoms with E-state index in [1.54, 1.807) is 0 Å². The molecule has 4 aromatic carbocycles. The van der Waals surface area contributed by atoms with Gasteiger partial charge in [-0.3, -0.25) is 0 Å². The maximum absolute atomic E-state index is 9.28. The molecule has 35 heavy (non-hydrogen) atoms. The van der Waals surface area contributed by atoms with E-state index in [0.29, 0.717) is 17.0 Å². The molecule has 1 atom stereocenters. The number of nitrogens with zero attached hydrogens (tertiary/aromatic N) is 2. The highest BCUT2D eigenvalue weighted by molar-refractivity contribution is 5.90. The van der Waals surface area contributed by atoms with Crippen LogP contribution in [0.15, 0.2) is 90.5 Å². The van der Waals surface area contributed by atoms with Crippen molar-refractivity contribution >= 4 is 0 Å². The van der Waals surface area contributed by atoms with Crippen molar-refractivity contribution < 1.29 is 0 Å². The molecule has 0 amide bonds. The summed E-state index contributed by atoms with van der Waals surface area (Å²) in [4.78, 5) is 0. The molecule has 4 aromatic rings. The van der Waals surface area contributed by atoms with Crippen molar-refractivity contribution in [1.82, 2.24) is 0 Å². The Morgan fingerprint density at radius 1 is 0.743 bits per heavy atom. The molecule has 2 nitrogen and oxygen atoms in total. The summed E-state index contributed by atoms with van der Waals surface area (Å²) in [7, 11) is 0. The van der Waals surface area contributed by atoms with Crippen LogP contribution in [0.25, 0.3) is 33.4 Å². The Hall–Kier alpha value is -4.40. The summed E-state index contributed by atoms with van der Waals surface area (Å²) in [5.41, 5.74) is 13.9. The zero-order valence-corrected chi connectivity index (χ0v) is 20.3. The van der Waals surface area contributed by atoms with Crippen molar-refractivity contribution in [2.45, 2.75) is 33.1 Å². The fourth-order valence-electron chi connectivity index (χ4n) is 5.12. The molecule has 2 heteroatoms. The summed E-state index contributed by atoms with van der Waals surface area (Å²) < 4.78 is 0. The third-order valence-electron chi connectivity index (χ3n) is 7.38. The van der Waals surface area contributed by atoms with E-state index >= 15 is 0 Å². The highest BCUT2D eigenvalue weighted by Crippen LogP contribution is 2.47. The molecular formula is C33H26N2. The molecular weight excluding hydrogens is 424 g/mol. The second-order valence-electron chi connectivity index (χ2n) is 9.23. The monoisotopic (exact) mass is 450 g/mol. The molecule has 168 valence electrons. The number of hydrogen-bond acceptors (Lipinski definition) is 2. The van der Waals surface area contributed by atoms with Crippen LogP contribution in [0, 0.1) is 22.7 Å². The van der Waals surface area contributed by atoms with Gasteiger partial charge in [-0.2, -0.15) is 10.5 Å². The van der Waals surface area contributed by atoms with Gasteiger partial charge in [-0.25, -0.2) is 0 Å². The summed E-state index contributed by atoms with van der Waals surface area (Å²) in [6.45, 7) is 6.60. The van der Waals surface area contributed by atoms with Crippen molar-refractivity contribution in [3.8, 4) is 45.5 Å². The van der Waals surface area contributed by atoms with Crippen LogP contribution < -0.4 is 0 Å². The van der Waals surface area contributed by atoms with Crippen LogP contribution >= 0.6 is 0 Å². The molecule has 5 rings (SSSR count). The van der Waals surface area contributed by atoms with Crippen molar-refractivity contribution in [3.63, 3.8) is 0 Å². The fourth-order valence-corrected chi connectivity index (χ4v) is 5.12. The van der Waals surface area contributed by atoms with Gasteiger partial charge in [-0.05, 0) is 107 Å².